The maximum absolute atomic E-state index is 11.3. The number of nitrogens with one attached hydrogen (secondary N) is 1. The van der Waals surface area contributed by atoms with Gasteiger partial charge in [0.2, 0.25) is 5.91 Å². The Bertz CT molecular complexity index is 268. The summed E-state index contributed by atoms with van der Waals surface area (Å²) in [7, 11) is 2.09. The molecule has 2 N–H and O–H groups in total. The molecule has 2 unspecified atom stereocenters. The number of nitrogens with zero attached hydrogens (tertiary/aromatic N) is 1. The number of carboxylic acids is 1. The molecular weight excluding hydrogens is 208 g/mol. The lowest BCUT2D eigenvalue weighted by Crippen LogP contribution is -2.34. The van der Waals surface area contributed by atoms with Gasteiger partial charge in [0.1, 0.15) is 5.92 Å². The number of aliphatic carboxylic acids is 1. The second-order valence-electron chi connectivity index (χ2n) is 4.56. The molecule has 0 aromatic carbocycles. The van der Waals surface area contributed by atoms with E-state index >= 15 is 0 Å². The lowest BCUT2D eigenvalue weighted by atomic mass is 10.0. The van der Waals surface area contributed by atoms with Gasteiger partial charge in [-0.05, 0) is 39.3 Å². The lowest BCUT2D eigenvalue weighted by molar-refractivity contribution is -0.146. The van der Waals surface area contributed by atoms with Gasteiger partial charge in [-0.15, -0.1) is 0 Å². The third kappa shape index (κ3) is 3.81. The van der Waals surface area contributed by atoms with Crippen LogP contribution < -0.4 is 5.32 Å². The minimum absolute atomic E-state index is 0.390. The zero-order chi connectivity index (χ0) is 12.1. The summed E-state index contributed by atoms with van der Waals surface area (Å²) >= 11 is 0. The van der Waals surface area contributed by atoms with Crippen LogP contribution in [0, 0.1) is 11.8 Å². The van der Waals surface area contributed by atoms with Gasteiger partial charge in [-0.3, -0.25) is 9.59 Å². The zero-order valence-electron chi connectivity index (χ0n) is 9.90. The van der Waals surface area contributed by atoms with Crippen molar-refractivity contribution < 1.29 is 14.7 Å². The molecule has 0 aliphatic carbocycles. The van der Waals surface area contributed by atoms with Crippen LogP contribution in [0.1, 0.15) is 19.8 Å². The van der Waals surface area contributed by atoms with Crippen molar-refractivity contribution in [3.8, 4) is 0 Å². The van der Waals surface area contributed by atoms with Crippen LogP contribution in [0.4, 0.5) is 0 Å². The number of carbonyl (C=O) groups excluding carboxylic acids is 1. The molecule has 5 nitrogen and oxygen atoms in total. The van der Waals surface area contributed by atoms with Crippen molar-refractivity contribution in [2.24, 2.45) is 11.8 Å². The monoisotopic (exact) mass is 228 g/mol. The summed E-state index contributed by atoms with van der Waals surface area (Å²) in [4.78, 5) is 24.1. The molecule has 5 heteroatoms. The quantitative estimate of drug-likeness (QED) is 0.658. The molecule has 1 fully saturated rings. The molecule has 1 heterocycles. The summed E-state index contributed by atoms with van der Waals surface area (Å²) in [6.45, 7) is 4.17. The van der Waals surface area contributed by atoms with Crippen molar-refractivity contribution in [1.82, 2.24) is 10.2 Å². The third-order valence-electron chi connectivity index (χ3n) is 3.10. The predicted molar refractivity (Wildman–Crippen MR) is 60.0 cm³/mol. The number of hydrogen-bond acceptors (Lipinski definition) is 3. The highest BCUT2D eigenvalue weighted by atomic mass is 16.4. The molecule has 0 aromatic rings. The second kappa shape index (κ2) is 5.84. The van der Waals surface area contributed by atoms with E-state index < -0.39 is 11.9 Å². The molecule has 0 radical (unpaired) electrons. The minimum Gasteiger partial charge on any atom is -0.481 e. The van der Waals surface area contributed by atoms with Crippen molar-refractivity contribution in [3.05, 3.63) is 0 Å². The number of hydrogen-bond donors (Lipinski definition) is 2. The van der Waals surface area contributed by atoms with Crippen molar-refractivity contribution in [2.45, 2.75) is 19.8 Å². The van der Waals surface area contributed by atoms with Crippen molar-refractivity contribution in [2.75, 3.05) is 26.7 Å². The van der Waals surface area contributed by atoms with Gasteiger partial charge in [-0.2, -0.15) is 0 Å². The molecule has 1 saturated heterocycles. The Morgan fingerprint density at radius 1 is 1.56 bits per heavy atom. The lowest BCUT2D eigenvalue weighted by Gasteiger charge is -2.12. The van der Waals surface area contributed by atoms with Crippen LogP contribution in [-0.2, 0) is 9.59 Å². The summed E-state index contributed by atoms with van der Waals surface area (Å²) in [6, 6.07) is 0. The first-order valence-electron chi connectivity index (χ1n) is 5.69. The van der Waals surface area contributed by atoms with E-state index in [2.05, 4.69) is 17.3 Å². The number of likely N-dealkylation sites (tertiary alicyclic amines) is 1. The summed E-state index contributed by atoms with van der Waals surface area (Å²) < 4.78 is 0. The first-order valence-corrected chi connectivity index (χ1v) is 5.69. The van der Waals surface area contributed by atoms with Crippen LogP contribution in [0.25, 0.3) is 0 Å². The topological polar surface area (TPSA) is 69.6 Å². The zero-order valence-corrected chi connectivity index (χ0v) is 9.90. The van der Waals surface area contributed by atoms with Crippen LogP contribution in [0.3, 0.4) is 0 Å². The Hall–Kier alpha value is -1.10. The Morgan fingerprint density at radius 2 is 2.25 bits per heavy atom. The number of rotatable bonds is 5. The van der Waals surface area contributed by atoms with Crippen LogP contribution in [0.15, 0.2) is 0 Å². The summed E-state index contributed by atoms with van der Waals surface area (Å²) in [5.74, 6) is -1.78. The van der Waals surface area contributed by atoms with Gasteiger partial charge in [-0.1, -0.05) is 0 Å². The Labute approximate surface area is 95.8 Å². The predicted octanol–water partition coefficient (Wildman–Crippen LogP) is 0.165. The van der Waals surface area contributed by atoms with Gasteiger partial charge in [0.25, 0.3) is 0 Å². The molecule has 16 heavy (non-hydrogen) atoms. The van der Waals surface area contributed by atoms with Gasteiger partial charge < -0.3 is 15.3 Å². The van der Waals surface area contributed by atoms with Crippen LogP contribution >= 0.6 is 0 Å². The summed E-state index contributed by atoms with van der Waals surface area (Å²) in [6.07, 6.45) is 2.10. The second-order valence-corrected chi connectivity index (χ2v) is 4.56. The summed E-state index contributed by atoms with van der Waals surface area (Å²) in [5, 5.41) is 11.3. The largest absolute Gasteiger partial charge is 0.481 e. The molecule has 1 aliphatic heterocycles. The maximum Gasteiger partial charge on any atom is 0.315 e. The van der Waals surface area contributed by atoms with E-state index in [-0.39, 0.29) is 5.91 Å². The SMILES string of the molecule is CC(C(=O)O)C(=O)NCCC1CCN(C)C1. The molecule has 92 valence electrons. The molecule has 1 rings (SSSR count). The van der Waals surface area contributed by atoms with Gasteiger partial charge in [0.05, 0.1) is 0 Å². The van der Waals surface area contributed by atoms with E-state index in [1.807, 2.05) is 0 Å². The average molecular weight is 228 g/mol. The molecular formula is C11H20N2O3. The normalized spacial score (nSPS) is 23.0. The van der Waals surface area contributed by atoms with Crippen LogP contribution in [-0.4, -0.2) is 48.6 Å². The molecule has 0 aromatic heterocycles. The fraction of sp³-hybridized carbons (Fsp3) is 0.818. The maximum atomic E-state index is 11.3. The number of amides is 1. The fourth-order valence-corrected chi connectivity index (χ4v) is 1.93. The molecule has 2 atom stereocenters. The molecule has 0 bridgehead atoms. The Morgan fingerprint density at radius 3 is 2.75 bits per heavy atom. The highest BCUT2D eigenvalue weighted by Gasteiger charge is 2.22. The van der Waals surface area contributed by atoms with E-state index in [0.29, 0.717) is 12.5 Å². The standard InChI is InChI=1S/C11H20N2O3/c1-8(11(15)16)10(14)12-5-3-9-4-6-13(2)7-9/h8-9H,3-7H2,1-2H3,(H,12,14)(H,15,16). The van der Waals surface area contributed by atoms with E-state index in [0.717, 1.165) is 19.5 Å². The van der Waals surface area contributed by atoms with Crippen molar-refractivity contribution >= 4 is 11.9 Å². The first kappa shape index (κ1) is 13.0. The fourth-order valence-electron chi connectivity index (χ4n) is 1.93. The Kier molecular flexibility index (Phi) is 4.73. The third-order valence-corrected chi connectivity index (χ3v) is 3.10. The minimum atomic E-state index is -1.07. The van der Waals surface area contributed by atoms with Crippen LogP contribution in [0.5, 0.6) is 0 Å². The molecule has 1 aliphatic rings. The molecule has 1 amide bonds. The van der Waals surface area contributed by atoms with E-state index in [1.165, 1.54) is 13.3 Å². The first-order chi connectivity index (χ1) is 7.50. The van der Waals surface area contributed by atoms with E-state index in [4.69, 9.17) is 5.11 Å². The van der Waals surface area contributed by atoms with Gasteiger partial charge in [0.15, 0.2) is 0 Å². The number of carbonyl (C=O) groups is 2. The van der Waals surface area contributed by atoms with Gasteiger partial charge >= 0.3 is 5.97 Å². The molecule has 0 spiro atoms. The number of carboxylic acid groups (broad SMARTS) is 1. The van der Waals surface area contributed by atoms with Crippen LogP contribution in [0.2, 0.25) is 0 Å². The average Bonchev–Trinajstić information content (AvgIpc) is 2.62. The Balaban J connectivity index is 2.15. The van der Waals surface area contributed by atoms with Gasteiger partial charge in [0, 0.05) is 13.1 Å². The highest BCUT2D eigenvalue weighted by Crippen LogP contribution is 2.16. The highest BCUT2D eigenvalue weighted by molar-refractivity contribution is 5.96. The van der Waals surface area contributed by atoms with Crippen molar-refractivity contribution in [1.29, 1.82) is 0 Å². The van der Waals surface area contributed by atoms with Crippen molar-refractivity contribution in [3.63, 3.8) is 0 Å². The smallest absolute Gasteiger partial charge is 0.315 e. The van der Waals surface area contributed by atoms with Gasteiger partial charge in [-0.25, -0.2) is 0 Å². The summed E-state index contributed by atoms with van der Waals surface area (Å²) in [5.41, 5.74) is 0. The van der Waals surface area contributed by atoms with E-state index in [1.54, 1.807) is 0 Å². The molecule has 0 saturated carbocycles. The van der Waals surface area contributed by atoms with E-state index in [9.17, 15) is 9.59 Å².